The van der Waals surface area contributed by atoms with E-state index in [9.17, 15) is 5.48 Å². The molecule has 0 saturated heterocycles. The molecule has 0 N–H and O–H groups in total. The smallest absolute Gasteiger partial charge is 0.136 e. The van der Waals surface area contributed by atoms with Gasteiger partial charge in [0.25, 0.3) is 0 Å². The molecule has 1 aromatic heterocycles. The first kappa shape index (κ1) is 20.0. The van der Waals surface area contributed by atoms with E-state index in [0.717, 1.165) is 49.4 Å². The van der Waals surface area contributed by atoms with Gasteiger partial charge in [0.1, 0.15) is 11.2 Å². The third-order valence-electron chi connectivity index (χ3n) is 9.46. The van der Waals surface area contributed by atoms with Gasteiger partial charge in [0.05, 0.1) is 12.3 Å². The largest absolute Gasteiger partial charge is 0.456 e. The van der Waals surface area contributed by atoms with Crippen molar-refractivity contribution in [1.29, 1.82) is 0 Å². The fourth-order valence-electron chi connectivity index (χ4n) is 7.38. The third-order valence-corrected chi connectivity index (χ3v) is 9.46. The molecular weight excluding hydrogens is 593 g/mol. The van der Waals surface area contributed by atoms with Crippen molar-refractivity contribution in [2.45, 2.75) is 0 Å². The predicted octanol–water partition coefficient (Wildman–Crippen LogP) is 13.7. The summed E-state index contributed by atoms with van der Waals surface area (Å²) in [7, 11) is 0. The van der Waals surface area contributed by atoms with Crippen LogP contribution in [0.3, 0.4) is 0 Å². The van der Waals surface area contributed by atoms with Gasteiger partial charge in [-0.15, -0.1) is 0 Å². The molecule has 0 spiro atoms. The lowest BCUT2D eigenvalue weighted by atomic mass is 9.83. The van der Waals surface area contributed by atoms with Crippen LogP contribution in [0.2, 0.25) is 0 Å². The Morgan fingerprint density at radius 3 is 1.63 bits per heavy atom. The zero-order valence-corrected chi connectivity index (χ0v) is 26.0. The molecule has 0 atom stereocenters. The van der Waals surface area contributed by atoms with Gasteiger partial charge in [-0.05, 0) is 95.0 Å². The van der Waals surface area contributed by atoms with E-state index in [-0.39, 0.29) is 51.3 Å². The number of hydrogen-bond acceptors (Lipinski definition) is 1. The fraction of sp³-hybridized carbons (Fsp3) is 0. The molecule has 10 rings (SSSR count). The maximum atomic E-state index is 9.49. The molecule has 0 saturated carbocycles. The van der Waals surface area contributed by atoms with Gasteiger partial charge in [0.15, 0.2) is 0 Å². The topological polar surface area (TPSA) is 13.1 Å². The molecule has 228 valence electrons. The van der Waals surface area contributed by atoms with E-state index in [1.165, 1.54) is 0 Å². The second-order valence-electron chi connectivity index (χ2n) is 12.1. The summed E-state index contributed by atoms with van der Waals surface area (Å²) in [6.45, 7) is 0. The average molecular weight is 632 g/mol. The van der Waals surface area contributed by atoms with Gasteiger partial charge < -0.3 is 4.42 Å². The van der Waals surface area contributed by atoms with Crippen molar-refractivity contribution >= 4 is 54.3 Å². The summed E-state index contributed by atoms with van der Waals surface area (Å²) >= 11 is 0. The van der Waals surface area contributed by atoms with Gasteiger partial charge in [-0.2, -0.15) is 0 Å². The van der Waals surface area contributed by atoms with Crippen molar-refractivity contribution in [3.63, 3.8) is 0 Å². The van der Waals surface area contributed by atoms with E-state index in [2.05, 4.69) is 0 Å². The maximum absolute atomic E-state index is 9.49. The van der Waals surface area contributed by atoms with Crippen molar-refractivity contribution in [1.82, 2.24) is 0 Å². The lowest BCUT2D eigenvalue weighted by Crippen LogP contribution is -1.92. The van der Waals surface area contributed by atoms with Gasteiger partial charge >= 0.3 is 0 Å². The molecule has 0 bridgehead atoms. The first-order chi connectivity index (χ1) is 28.0. The summed E-state index contributed by atoms with van der Waals surface area (Å²) < 4.78 is 87.8. The predicted molar refractivity (Wildman–Crippen MR) is 208 cm³/mol. The zero-order valence-electron chi connectivity index (χ0n) is 35.0. The molecule has 9 aromatic carbocycles. The van der Waals surface area contributed by atoms with Crippen molar-refractivity contribution in [3.05, 3.63) is 182 Å². The minimum absolute atomic E-state index is 0.154. The number of hydrogen-bond donors (Lipinski definition) is 0. The van der Waals surface area contributed by atoms with E-state index in [4.69, 9.17) is 11.3 Å². The van der Waals surface area contributed by atoms with Crippen LogP contribution in [0.5, 0.6) is 0 Å². The van der Waals surface area contributed by atoms with E-state index in [1.54, 1.807) is 12.1 Å². The maximum Gasteiger partial charge on any atom is 0.136 e. The molecule has 10 aromatic rings. The molecule has 49 heavy (non-hydrogen) atoms. The molecule has 0 aliphatic heterocycles. The van der Waals surface area contributed by atoms with Crippen LogP contribution in [0, 0.1) is 0 Å². The quantitative estimate of drug-likeness (QED) is 0.176. The molecular formula is C48H30O. The van der Waals surface area contributed by atoms with Crippen molar-refractivity contribution in [2.75, 3.05) is 0 Å². The summed E-state index contributed by atoms with van der Waals surface area (Å²) in [4.78, 5) is 0. The first-order valence-corrected chi connectivity index (χ1v) is 16.1. The van der Waals surface area contributed by atoms with Crippen LogP contribution in [0.4, 0.5) is 0 Å². The summed E-state index contributed by atoms with van der Waals surface area (Å²) in [5.74, 6) is 0. The number of benzene rings is 9. The van der Waals surface area contributed by atoms with Crippen LogP contribution < -0.4 is 0 Å². The Bertz CT molecular complexity index is 3310. The van der Waals surface area contributed by atoms with Crippen molar-refractivity contribution in [2.24, 2.45) is 0 Å². The van der Waals surface area contributed by atoms with Crippen LogP contribution in [0.15, 0.2) is 186 Å². The number of fused-ring (bicyclic) bond motifs is 6. The Hall–Kier alpha value is -6.44. The average Bonchev–Trinajstić information content (AvgIpc) is 3.64. The van der Waals surface area contributed by atoms with E-state index >= 15 is 0 Å². The Balaban J connectivity index is 1.37. The number of para-hydroxylation sites is 1. The Labute approximate surface area is 297 Å². The van der Waals surface area contributed by atoms with E-state index in [1.807, 2.05) is 115 Å². The van der Waals surface area contributed by atoms with E-state index < -0.39 is 24.2 Å². The van der Waals surface area contributed by atoms with Gasteiger partial charge in [-0.1, -0.05) is 164 Å². The number of rotatable bonds is 4. The highest BCUT2D eigenvalue weighted by Gasteiger charge is 2.20. The lowest BCUT2D eigenvalue weighted by Gasteiger charge is -2.20. The fourth-order valence-corrected chi connectivity index (χ4v) is 7.38. The van der Waals surface area contributed by atoms with Gasteiger partial charge in [0, 0.05) is 10.8 Å². The highest BCUT2D eigenvalue weighted by atomic mass is 16.3. The second-order valence-corrected chi connectivity index (χ2v) is 12.1. The first-order valence-electron chi connectivity index (χ1n) is 20.6. The Morgan fingerprint density at radius 1 is 0.347 bits per heavy atom. The minimum atomic E-state index is -0.450. The number of furan rings is 1. The van der Waals surface area contributed by atoms with Gasteiger partial charge in [0.2, 0.25) is 0 Å². The standard InChI is InChI=1S/C48H30O/c1-2-14-31(15-3-1)34-28-29-42(37-19-5-4-18-36(34)37)47-40-22-8-6-20-38(40)46(39-21-7-9-23-41(39)47)33-17-12-16-32(30-33)35-25-13-27-45-48(35)43-24-10-11-26-44(43)49-45/h1-30H/i1D,6D,7D,8D,9D,20D,21D,22D,23D. The molecule has 1 heterocycles. The van der Waals surface area contributed by atoms with Crippen molar-refractivity contribution < 1.29 is 16.8 Å². The summed E-state index contributed by atoms with van der Waals surface area (Å²) in [5.41, 5.74) is 6.54. The minimum Gasteiger partial charge on any atom is -0.456 e. The molecule has 0 amide bonds. The van der Waals surface area contributed by atoms with Gasteiger partial charge in [-0.3, -0.25) is 0 Å². The molecule has 1 nitrogen and oxygen atoms in total. The monoisotopic (exact) mass is 631 g/mol. The van der Waals surface area contributed by atoms with Crippen LogP contribution in [-0.2, 0) is 0 Å². The summed E-state index contributed by atoms with van der Waals surface area (Å²) in [5, 5.41) is 4.03. The molecule has 0 fully saturated rings. The van der Waals surface area contributed by atoms with Crippen LogP contribution in [-0.4, -0.2) is 0 Å². The zero-order chi connectivity index (χ0) is 40.1. The normalized spacial score (nSPS) is 14.2. The molecule has 1 heteroatoms. The second kappa shape index (κ2) is 11.1. The van der Waals surface area contributed by atoms with Gasteiger partial charge in [-0.25, -0.2) is 0 Å². The highest BCUT2D eigenvalue weighted by Crippen LogP contribution is 2.47. The Kier molecular flexibility index (Phi) is 4.53. The van der Waals surface area contributed by atoms with Crippen LogP contribution in [0.1, 0.15) is 12.3 Å². The van der Waals surface area contributed by atoms with E-state index in [0.29, 0.717) is 28.3 Å². The highest BCUT2D eigenvalue weighted by molar-refractivity contribution is 6.24. The summed E-state index contributed by atoms with van der Waals surface area (Å²) in [6, 6.07) is 37.1. The molecule has 0 unspecified atom stereocenters. The molecule has 0 radical (unpaired) electrons. The van der Waals surface area contributed by atoms with Crippen LogP contribution >= 0.6 is 0 Å². The third kappa shape index (κ3) is 4.33. The Morgan fingerprint density at radius 2 is 0.898 bits per heavy atom. The lowest BCUT2D eigenvalue weighted by molar-refractivity contribution is 0.669. The molecule has 0 aliphatic carbocycles. The SMILES string of the molecule is [2H]c1ccc(-c2ccc(-c3c4c([2H])c([2H])c([2H])c([2H])c4c(-c4cccc(-c5cccc6oc7ccccc7c56)c4)c4c([2H])c([2H])c([2H])c([2H])c34)c3ccccc23)cc1. The van der Waals surface area contributed by atoms with Crippen LogP contribution in [0.25, 0.3) is 98.8 Å². The van der Waals surface area contributed by atoms with Crippen molar-refractivity contribution in [3.8, 4) is 44.5 Å². The molecule has 0 aliphatic rings. The summed E-state index contributed by atoms with van der Waals surface area (Å²) in [6.07, 6.45) is 0.